The van der Waals surface area contributed by atoms with Crippen molar-refractivity contribution in [3.63, 3.8) is 0 Å². The second-order valence-electron chi connectivity index (χ2n) is 5.43. The third-order valence-electron chi connectivity index (χ3n) is 4.25. The van der Waals surface area contributed by atoms with E-state index < -0.39 is 0 Å². The molecule has 0 aromatic carbocycles. The lowest BCUT2D eigenvalue weighted by molar-refractivity contribution is -0.138. The number of piperidine rings is 1. The maximum atomic E-state index is 12.3. The Kier molecular flexibility index (Phi) is 3.22. The molecular formula is C12H23N3O. The fraction of sp³-hybridized carbons (Fsp3) is 0.917. The van der Waals surface area contributed by atoms with Crippen molar-refractivity contribution in [3.05, 3.63) is 0 Å². The van der Waals surface area contributed by atoms with Crippen molar-refractivity contribution >= 4 is 5.91 Å². The van der Waals surface area contributed by atoms with Gasteiger partial charge in [-0.2, -0.15) is 0 Å². The van der Waals surface area contributed by atoms with E-state index in [9.17, 15) is 4.79 Å². The number of nitrogens with zero attached hydrogens (tertiary/aromatic N) is 2. The quantitative estimate of drug-likeness (QED) is 0.750. The fourth-order valence-electron chi connectivity index (χ4n) is 2.58. The van der Waals surface area contributed by atoms with E-state index >= 15 is 0 Å². The summed E-state index contributed by atoms with van der Waals surface area (Å²) >= 11 is 0. The van der Waals surface area contributed by atoms with Crippen molar-refractivity contribution in [2.75, 3.05) is 33.7 Å². The molecule has 1 aliphatic heterocycles. The van der Waals surface area contributed by atoms with Crippen LogP contribution < -0.4 is 5.73 Å². The van der Waals surface area contributed by atoms with E-state index in [-0.39, 0.29) is 11.3 Å². The summed E-state index contributed by atoms with van der Waals surface area (Å²) in [5.74, 6) is 0.282. The number of hydrogen-bond donors (Lipinski definition) is 1. The molecule has 1 saturated heterocycles. The van der Waals surface area contributed by atoms with E-state index in [2.05, 4.69) is 11.9 Å². The summed E-state index contributed by atoms with van der Waals surface area (Å²) in [6.45, 7) is 2.71. The van der Waals surface area contributed by atoms with Gasteiger partial charge in [0.25, 0.3) is 0 Å². The largest absolute Gasteiger partial charge is 0.342 e. The highest BCUT2D eigenvalue weighted by molar-refractivity contribution is 5.85. The summed E-state index contributed by atoms with van der Waals surface area (Å²) in [6, 6.07) is 0.424. The van der Waals surface area contributed by atoms with Crippen LogP contribution in [0.25, 0.3) is 0 Å². The molecule has 2 fully saturated rings. The monoisotopic (exact) mass is 225 g/mol. The molecule has 2 rings (SSSR count). The van der Waals surface area contributed by atoms with E-state index in [1.165, 1.54) is 0 Å². The molecule has 0 unspecified atom stereocenters. The van der Waals surface area contributed by atoms with Gasteiger partial charge in [-0.25, -0.2) is 0 Å². The lowest BCUT2D eigenvalue weighted by atomic mass is 10.00. The van der Waals surface area contributed by atoms with Gasteiger partial charge in [0.1, 0.15) is 0 Å². The van der Waals surface area contributed by atoms with Crippen molar-refractivity contribution in [2.45, 2.75) is 31.7 Å². The lowest BCUT2D eigenvalue weighted by Crippen LogP contribution is -2.48. The minimum Gasteiger partial charge on any atom is -0.342 e. The van der Waals surface area contributed by atoms with Gasteiger partial charge < -0.3 is 15.5 Å². The van der Waals surface area contributed by atoms with Crippen molar-refractivity contribution < 1.29 is 4.79 Å². The maximum absolute atomic E-state index is 12.3. The zero-order valence-electron chi connectivity index (χ0n) is 10.4. The van der Waals surface area contributed by atoms with Crippen molar-refractivity contribution in [1.82, 2.24) is 9.80 Å². The first-order valence-corrected chi connectivity index (χ1v) is 6.25. The Morgan fingerprint density at radius 2 is 2.00 bits per heavy atom. The Hall–Kier alpha value is -0.610. The number of amides is 1. The van der Waals surface area contributed by atoms with E-state index in [1.807, 2.05) is 11.9 Å². The second-order valence-corrected chi connectivity index (χ2v) is 5.43. The van der Waals surface area contributed by atoms with Gasteiger partial charge in [-0.15, -0.1) is 0 Å². The third-order valence-corrected chi connectivity index (χ3v) is 4.25. The molecule has 4 nitrogen and oxygen atoms in total. The molecule has 0 spiro atoms. The van der Waals surface area contributed by atoms with E-state index in [0.717, 1.165) is 38.8 Å². The first-order valence-electron chi connectivity index (χ1n) is 6.25. The summed E-state index contributed by atoms with van der Waals surface area (Å²) in [7, 11) is 4.09. The van der Waals surface area contributed by atoms with E-state index in [4.69, 9.17) is 5.73 Å². The van der Waals surface area contributed by atoms with Crippen LogP contribution in [0.4, 0.5) is 0 Å². The van der Waals surface area contributed by atoms with Gasteiger partial charge in [-0.05, 0) is 45.8 Å². The molecule has 92 valence electrons. The van der Waals surface area contributed by atoms with E-state index in [1.54, 1.807) is 0 Å². The standard InChI is InChI=1S/C12H23N3O/c1-14-7-3-10(4-8-14)15(2)11(16)12(9-13)5-6-12/h10H,3-9,13H2,1-2H3. The smallest absolute Gasteiger partial charge is 0.230 e. The molecule has 1 saturated carbocycles. The predicted molar refractivity (Wildman–Crippen MR) is 64.0 cm³/mol. The summed E-state index contributed by atoms with van der Waals surface area (Å²) < 4.78 is 0. The van der Waals surface area contributed by atoms with Gasteiger partial charge in [0.15, 0.2) is 0 Å². The Morgan fingerprint density at radius 1 is 1.44 bits per heavy atom. The van der Waals surface area contributed by atoms with Gasteiger partial charge in [-0.3, -0.25) is 4.79 Å². The fourth-order valence-corrected chi connectivity index (χ4v) is 2.58. The van der Waals surface area contributed by atoms with Gasteiger partial charge in [0.2, 0.25) is 5.91 Å². The molecule has 0 bridgehead atoms. The topological polar surface area (TPSA) is 49.6 Å². The minimum absolute atomic E-state index is 0.182. The Bertz CT molecular complexity index is 267. The van der Waals surface area contributed by atoms with Crippen molar-refractivity contribution in [2.24, 2.45) is 11.1 Å². The molecule has 2 N–H and O–H groups in total. The molecule has 1 aliphatic carbocycles. The summed E-state index contributed by atoms with van der Waals surface area (Å²) in [6.07, 6.45) is 4.16. The summed E-state index contributed by atoms with van der Waals surface area (Å²) in [5, 5.41) is 0. The van der Waals surface area contributed by atoms with Gasteiger partial charge in [0.05, 0.1) is 5.41 Å². The Balaban J connectivity index is 1.92. The molecule has 0 atom stereocenters. The maximum Gasteiger partial charge on any atom is 0.230 e. The number of carbonyl (C=O) groups excluding carboxylic acids is 1. The number of rotatable bonds is 3. The normalized spacial score (nSPS) is 25.4. The zero-order valence-corrected chi connectivity index (χ0v) is 10.4. The van der Waals surface area contributed by atoms with Crippen LogP contribution in [0.3, 0.4) is 0 Å². The van der Waals surface area contributed by atoms with Crippen LogP contribution in [0, 0.1) is 5.41 Å². The minimum atomic E-state index is -0.182. The lowest BCUT2D eigenvalue weighted by Gasteiger charge is -2.36. The highest BCUT2D eigenvalue weighted by Gasteiger charge is 2.50. The third kappa shape index (κ3) is 2.09. The number of likely N-dealkylation sites (tertiary alicyclic amines) is 1. The SMILES string of the molecule is CN1CCC(N(C)C(=O)C2(CN)CC2)CC1. The van der Waals surface area contributed by atoms with Crippen LogP contribution in [0.2, 0.25) is 0 Å². The molecule has 0 aromatic heterocycles. The molecule has 16 heavy (non-hydrogen) atoms. The van der Waals surface area contributed by atoms with Gasteiger partial charge in [-0.1, -0.05) is 0 Å². The Morgan fingerprint density at radius 3 is 2.44 bits per heavy atom. The average molecular weight is 225 g/mol. The van der Waals surface area contributed by atoms with Crippen LogP contribution in [0.1, 0.15) is 25.7 Å². The highest BCUT2D eigenvalue weighted by atomic mass is 16.2. The second kappa shape index (κ2) is 4.34. The average Bonchev–Trinajstić information content (AvgIpc) is 3.09. The first kappa shape index (κ1) is 11.9. The van der Waals surface area contributed by atoms with Gasteiger partial charge in [0, 0.05) is 19.6 Å². The molecule has 0 radical (unpaired) electrons. The Labute approximate surface area is 97.8 Å². The molecular weight excluding hydrogens is 202 g/mol. The van der Waals surface area contributed by atoms with Crippen molar-refractivity contribution in [1.29, 1.82) is 0 Å². The molecule has 0 aromatic rings. The number of carbonyl (C=O) groups is 1. The van der Waals surface area contributed by atoms with Crippen LogP contribution in [-0.2, 0) is 4.79 Å². The van der Waals surface area contributed by atoms with Gasteiger partial charge >= 0.3 is 0 Å². The molecule has 2 aliphatic rings. The molecule has 1 amide bonds. The van der Waals surface area contributed by atoms with Crippen LogP contribution in [0.5, 0.6) is 0 Å². The highest BCUT2D eigenvalue weighted by Crippen LogP contribution is 2.46. The first-order chi connectivity index (χ1) is 7.59. The van der Waals surface area contributed by atoms with Crippen LogP contribution >= 0.6 is 0 Å². The van der Waals surface area contributed by atoms with E-state index in [0.29, 0.717) is 12.6 Å². The van der Waals surface area contributed by atoms with Crippen LogP contribution in [-0.4, -0.2) is 55.5 Å². The van der Waals surface area contributed by atoms with Crippen molar-refractivity contribution in [3.8, 4) is 0 Å². The molecule has 1 heterocycles. The summed E-state index contributed by atoms with van der Waals surface area (Å²) in [4.78, 5) is 16.6. The number of hydrogen-bond acceptors (Lipinski definition) is 3. The van der Waals surface area contributed by atoms with Crippen LogP contribution in [0.15, 0.2) is 0 Å². The predicted octanol–water partition coefficient (Wildman–Crippen LogP) is 0.278. The number of nitrogens with two attached hydrogens (primary N) is 1. The molecule has 4 heteroatoms. The summed E-state index contributed by atoms with van der Waals surface area (Å²) in [5.41, 5.74) is 5.52. The zero-order chi connectivity index (χ0) is 11.8.